The van der Waals surface area contributed by atoms with Crippen LogP contribution in [0.4, 0.5) is 4.39 Å². The molecule has 5 nitrogen and oxygen atoms in total. The molecule has 0 N–H and O–H groups in total. The van der Waals surface area contributed by atoms with Crippen LogP contribution in [0.15, 0.2) is 30.5 Å². The lowest BCUT2D eigenvalue weighted by Gasteiger charge is -2.36. The summed E-state index contributed by atoms with van der Waals surface area (Å²) in [6.45, 7) is 7.22. The Bertz CT molecular complexity index is 736. The molecule has 2 heterocycles. The van der Waals surface area contributed by atoms with Crippen molar-refractivity contribution in [2.45, 2.75) is 26.4 Å². The van der Waals surface area contributed by atoms with Crippen molar-refractivity contribution in [1.29, 1.82) is 0 Å². The van der Waals surface area contributed by atoms with Crippen molar-refractivity contribution in [3.8, 4) is 0 Å². The molecule has 2 aromatic rings. The van der Waals surface area contributed by atoms with E-state index >= 15 is 0 Å². The maximum Gasteiger partial charge on any atom is 0.247 e. The minimum absolute atomic E-state index is 0.0459. The lowest BCUT2D eigenvalue weighted by atomic mass is 10.2. The average Bonchev–Trinajstić information content (AvgIpc) is 2.93. The number of piperazine rings is 1. The van der Waals surface area contributed by atoms with Crippen molar-refractivity contribution in [3.05, 3.63) is 52.6 Å². The molecule has 1 amide bonds. The van der Waals surface area contributed by atoms with E-state index in [1.54, 1.807) is 23.0 Å². The third kappa shape index (κ3) is 4.19. The number of aryl methyl sites for hydroxylation is 1. The second-order valence-electron chi connectivity index (χ2n) is 6.45. The molecule has 7 heteroatoms. The van der Waals surface area contributed by atoms with E-state index in [4.69, 9.17) is 11.6 Å². The molecule has 0 saturated carbocycles. The summed E-state index contributed by atoms with van der Waals surface area (Å²) >= 11 is 6.03. The predicted molar refractivity (Wildman–Crippen MR) is 94.9 cm³/mol. The maximum atomic E-state index is 13.3. The van der Waals surface area contributed by atoms with Crippen LogP contribution in [0.25, 0.3) is 0 Å². The summed E-state index contributed by atoms with van der Waals surface area (Å²) in [5, 5.41) is 4.87. The normalized spacial score (nSPS) is 16.9. The van der Waals surface area contributed by atoms with E-state index in [2.05, 4.69) is 10.00 Å². The minimum atomic E-state index is -0.374. The minimum Gasteiger partial charge on any atom is -0.338 e. The topological polar surface area (TPSA) is 41.4 Å². The van der Waals surface area contributed by atoms with Crippen LogP contribution in [0, 0.1) is 12.7 Å². The molecule has 1 aromatic carbocycles. The number of carbonyl (C=O) groups is 1. The number of benzene rings is 1. The molecule has 0 bridgehead atoms. The Labute approximate surface area is 152 Å². The van der Waals surface area contributed by atoms with E-state index in [1.807, 2.05) is 24.8 Å². The number of nitrogens with zero attached hydrogens (tertiary/aromatic N) is 4. The molecule has 134 valence electrons. The summed E-state index contributed by atoms with van der Waals surface area (Å²) in [5.41, 5.74) is 1.68. The van der Waals surface area contributed by atoms with Crippen LogP contribution in [0.3, 0.4) is 0 Å². The maximum absolute atomic E-state index is 13.3. The Hall–Kier alpha value is -1.92. The molecular weight excluding hydrogens is 343 g/mol. The van der Waals surface area contributed by atoms with Crippen molar-refractivity contribution >= 4 is 17.5 Å². The van der Waals surface area contributed by atoms with E-state index in [0.717, 1.165) is 24.3 Å². The fourth-order valence-electron chi connectivity index (χ4n) is 3.06. The van der Waals surface area contributed by atoms with Gasteiger partial charge >= 0.3 is 0 Å². The molecule has 0 spiro atoms. The highest BCUT2D eigenvalue weighted by molar-refractivity contribution is 6.31. The molecule has 1 aliphatic heterocycles. The van der Waals surface area contributed by atoms with Gasteiger partial charge in [0.05, 0.1) is 10.7 Å². The van der Waals surface area contributed by atoms with Crippen molar-refractivity contribution in [2.75, 3.05) is 26.2 Å². The molecule has 1 atom stereocenters. The summed E-state index contributed by atoms with van der Waals surface area (Å²) in [4.78, 5) is 16.8. The Kier molecular flexibility index (Phi) is 5.39. The molecule has 1 fully saturated rings. The lowest BCUT2D eigenvalue weighted by Crippen LogP contribution is -2.49. The van der Waals surface area contributed by atoms with Gasteiger partial charge in [0.25, 0.3) is 0 Å². The number of carbonyl (C=O) groups excluding carboxylic acids is 1. The summed E-state index contributed by atoms with van der Waals surface area (Å²) in [6, 6.07) is 6.28. The summed E-state index contributed by atoms with van der Waals surface area (Å²) in [7, 11) is 0. The van der Waals surface area contributed by atoms with Crippen molar-refractivity contribution in [1.82, 2.24) is 19.6 Å². The standard InChI is InChI=1S/C18H22ClFN4O/c1-13-17(19)12-24(21-13)14(2)18(25)23-8-6-22(7-9-23)11-15-4-3-5-16(20)10-15/h3-5,10,12,14H,6-9,11H2,1-2H3. The number of rotatable bonds is 4. The number of hydrogen-bond donors (Lipinski definition) is 0. The van der Waals surface area contributed by atoms with Gasteiger partial charge in [0.15, 0.2) is 0 Å². The van der Waals surface area contributed by atoms with Gasteiger partial charge in [-0.05, 0) is 31.5 Å². The van der Waals surface area contributed by atoms with Gasteiger partial charge in [-0.15, -0.1) is 0 Å². The Balaban J connectivity index is 1.55. The molecule has 0 aliphatic carbocycles. The van der Waals surface area contributed by atoms with Crippen LogP contribution < -0.4 is 0 Å². The molecule has 0 radical (unpaired) electrons. The Morgan fingerprint density at radius 3 is 2.64 bits per heavy atom. The van der Waals surface area contributed by atoms with Gasteiger partial charge in [-0.25, -0.2) is 4.39 Å². The van der Waals surface area contributed by atoms with E-state index in [0.29, 0.717) is 24.7 Å². The number of amides is 1. The monoisotopic (exact) mass is 364 g/mol. The fourth-order valence-corrected chi connectivity index (χ4v) is 3.19. The van der Waals surface area contributed by atoms with Crippen LogP contribution >= 0.6 is 11.6 Å². The highest BCUT2D eigenvalue weighted by atomic mass is 35.5. The second-order valence-corrected chi connectivity index (χ2v) is 6.86. The van der Waals surface area contributed by atoms with E-state index in [9.17, 15) is 9.18 Å². The molecule has 3 rings (SSSR count). The van der Waals surface area contributed by atoms with Gasteiger partial charge in [-0.2, -0.15) is 5.10 Å². The largest absolute Gasteiger partial charge is 0.338 e. The quantitative estimate of drug-likeness (QED) is 0.837. The first-order chi connectivity index (χ1) is 11.9. The van der Waals surface area contributed by atoms with Crippen molar-refractivity contribution in [2.24, 2.45) is 0 Å². The summed E-state index contributed by atoms with van der Waals surface area (Å²) in [5.74, 6) is -0.169. The predicted octanol–water partition coefficient (Wildman–Crippen LogP) is 2.89. The first-order valence-corrected chi connectivity index (χ1v) is 8.78. The molecular formula is C18H22ClFN4O. The average molecular weight is 365 g/mol. The molecule has 1 aromatic heterocycles. The lowest BCUT2D eigenvalue weighted by molar-refractivity contribution is -0.136. The smallest absolute Gasteiger partial charge is 0.247 e. The van der Waals surface area contributed by atoms with E-state index < -0.39 is 0 Å². The first-order valence-electron chi connectivity index (χ1n) is 8.41. The van der Waals surface area contributed by atoms with Gasteiger partial charge in [0, 0.05) is 38.9 Å². The third-order valence-corrected chi connectivity index (χ3v) is 4.96. The molecule has 1 saturated heterocycles. The van der Waals surface area contributed by atoms with Crippen molar-refractivity contribution in [3.63, 3.8) is 0 Å². The van der Waals surface area contributed by atoms with Gasteiger partial charge in [-0.3, -0.25) is 14.4 Å². The summed E-state index contributed by atoms with van der Waals surface area (Å²) < 4.78 is 14.9. The fraction of sp³-hybridized carbons (Fsp3) is 0.444. The zero-order valence-corrected chi connectivity index (χ0v) is 15.2. The van der Waals surface area contributed by atoms with Gasteiger partial charge in [-0.1, -0.05) is 23.7 Å². The Morgan fingerprint density at radius 2 is 2.04 bits per heavy atom. The van der Waals surface area contributed by atoms with Crippen LogP contribution in [0.5, 0.6) is 0 Å². The van der Waals surface area contributed by atoms with Gasteiger partial charge in [0.1, 0.15) is 11.9 Å². The van der Waals surface area contributed by atoms with Crippen molar-refractivity contribution < 1.29 is 9.18 Å². The van der Waals surface area contributed by atoms with E-state index in [1.165, 1.54) is 6.07 Å². The van der Waals surface area contributed by atoms with Crippen LogP contribution in [-0.4, -0.2) is 51.7 Å². The molecule has 1 aliphatic rings. The number of aromatic nitrogens is 2. The first kappa shape index (κ1) is 17.9. The molecule has 25 heavy (non-hydrogen) atoms. The van der Waals surface area contributed by atoms with E-state index in [-0.39, 0.29) is 17.8 Å². The SMILES string of the molecule is Cc1nn(C(C)C(=O)N2CCN(Cc3cccc(F)c3)CC2)cc1Cl. The highest BCUT2D eigenvalue weighted by Gasteiger charge is 2.26. The number of hydrogen-bond acceptors (Lipinski definition) is 3. The third-order valence-electron chi connectivity index (χ3n) is 4.59. The second kappa shape index (κ2) is 7.54. The van der Waals surface area contributed by atoms with Crippen LogP contribution in [0.1, 0.15) is 24.2 Å². The van der Waals surface area contributed by atoms with Crippen LogP contribution in [0.2, 0.25) is 5.02 Å². The molecule has 1 unspecified atom stereocenters. The zero-order valence-electron chi connectivity index (χ0n) is 14.5. The number of halogens is 2. The van der Waals surface area contributed by atoms with Crippen LogP contribution in [-0.2, 0) is 11.3 Å². The zero-order chi connectivity index (χ0) is 18.0. The van der Waals surface area contributed by atoms with Gasteiger partial charge in [0.2, 0.25) is 5.91 Å². The highest BCUT2D eigenvalue weighted by Crippen LogP contribution is 2.18. The Morgan fingerprint density at radius 1 is 1.32 bits per heavy atom. The van der Waals surface area contributed by atoms with Gasteiger partial charge < -0.3 is 4.90 Å². The summed E-state index contributed by atoms with van der Waals surface area (Å²) in [6.07, 6.45) is 1.69.